The van der Waals surface area contributed by atoms with Gasteiger partial charge in [0.1, 0.15) is 18.4 Å². The van der Waals surface area contributed by atoms with Gasteiger partial charge in [0.05, 0.1) is 10.3 Å². The molecule has 0 aromatic carbocycles. The molecular weight excluding hydrogens is 457 g/mol. The van der Waals surface area contributed by atoms with Gasteiger partial charge >= 0.3 is 6.18 Å². The van der Waals surface area contributed by atoms with Crippen LogP contribution in [0, 0.1) is 0 Å². The zero-order valence-electron chi connectivity index (χ0n) is 17.7. The fourth-order valence-electron chi connectivity index (χ4n) is 5.03. The van der Waals surface area contributed by atoms with E-state index in [2.05, 4.69) is 15.6 Å². The molecule has 1 fully saturated rings. The van der Waals surface area contributed by atoms with E-state index < -0.39 is 42.0 Å². The van der Waals surface area contributed by atoms with Crippen molar-refractivity contribution in [3.05, 3.63) is 45.3 Å². The molecule has 2 aromatic rings. The SMILES string of the molecule is C[C@@H]1CC[C@H](NC(=O)c2cc3c(s2)C[C@]2(C3)C(=O)Nc3ncccc32)C(=O)N1CC(F)(F)F. The van der Waals surface area contributed by atoms with E-state index >= 15 is 0 Å². The van der Waals surface area contributed by atoms with E-state index in [9.17, 15) is 27.6 Å². The van der Waals surface area contributed by atoms with Crippen molar-refractivity contribution in [1.29, 1.82) is 0 Å². The average molecular weight is 478 g/mol. The van der Waals surface area contributed by atoms with Crippen molar-refractivity contribution in [3.8, 4) is 0 Å². The fraction of sp³-hybridized carbons (Fsp3) is 0.455. The van der Waals surface area contributed by atoms with Gasteiger partial charge in [-0.25, -0.2) is 4.98 Å². The van der Waals surface area contributed by atoms with Crippen molar-refractivity contribution in [3.63, 3.8) is 0 Å². The first-order valence-electron chi connectivity index (χ1n) is 10.6. The molecule has 4 heterocycles. The number of thiophene rings is 1. The lowest BCUT2D eigenvalue weighted by molar-refractivity contribution is -0.169. The first-order chi connectivity index (χ1) is 15.6. The maximum Gasteiger partial charge on any atom is 0.406 e. The molecule has 2 N–H and O–H groups in total. The first kappa shape index (κ1) is 21.9. The molecule has 1 saturated heterocycles. The Morgan fingerprint density at radius 1 is 1.33 bits per heavy atom. The maximum absolute atomic E-state index is 12.9. The van der Waals surface area contributed by atoms with Crippen LogP contribution in [0.25, 0.3) is 0 Å². The minimum atomic E-state index is -4.50. The van der Waals surface area contributed by atoms with Crippen LogP contribution >= 0.6 is 11.3 Å². The maximum atomic E-state index is 12.9. The molecule has 5 rings (SSSR count). The molecular formula is C22H21F3N4O3S. The van der Waals surface area contributed by atoms with Gasteiger partial charge in [-0.2, -0.15) is 13.2 Å². The second kappa shape index (κ2) is 7.54. The van der Waals surface area contributed by atoms with Gasteiger partial charge in [0.15, 0.2) is 0 Å². The normalized spacial score (nSPS) is 26.4. The number of nitrogens with zero attached hydrogens (tertiary/aromatic N) is 2. The summed E-state index contributed by atoms with van der Waals surface area (Å²) in [6.45, 7) is 0.251. The molecule has 1 spiro atoms. The number of hydrogen-bond acceptors (Lipinski definition) is 5. The Kier molecular flexibility index (Phi) is 5.00. The van der Waals surface area contributed by atoms with E-state index in [1.165, 1.54) is 11.3 Å². The number of rotatable bonds is 3. The van der Waals surface area contributed by atoms with E-state index in [1.807, 2.05) is 6.07 Å². The summed E-state index contributed by atoms with van der Waals surface area (Å²) in [5.41, 5.74) is 1.00. The zero-order chi connectivity index (χ0) is 23.5. The second-order valence-electron chi connectivity index (χ2n) is 8.88. The third-order valence-electron chi connectivity index (χ3n) is 6.71. The predicted octanol–water partition coefficient (Wildman–Crippen LogP) is 2.80. The molecule has 0 radical (unpaired) electrons. The molecule has 1 aliphatic carbocycles. The summed E-state index contributed by atoms with van der Waals surface area (Å²) in [6.07, 6.45) is -1.33. The highest BCUT2D eigenvalue weighted by molar-refractivity contribution is 7.14. The van der Waals surface area contributed by atoms with Crippen molar-refractivity contribution in [2.24, 2.45) is 0 Å². The Morgan fingerprint density at radius 2 is 2.12 bits per heavy atom. The number of anilines is 1. The number of hydrogen-bond donors (Lipinski definition) is 2. The van der Waals surface area contributed by atoms with Crippen LogP contribution < -0.4 is 10.6 Å². The van der Waals surface area contributed by atoms with E-state index in [0.29, 0.717) is 30.0 Å². The molecule has 33 heavy (non-hydrogen) atoms. The van der Waals surface area contributed by atoms with E-state index in [-0.39, 0.29) is 12.3 Å². The monoisotopic (exact) mass is 478 g/mol. The minimum Gasteiger partial charge on any atom is -0.340 e. The number of amides is 3. The number of carbonyl (C=O) groups is 3. The Morgan fingerprint density at radius 3 is 2.85 bits per heavy atom. The lowest BCUT2D eigenvalue weighted by atomic mass is 9.80. The topological polar surface area (TPSA) is 91.4 Å². The van der Waals surface area contributed by atoms with E-state index in [1.54, 1.807) is 25.3 Å². The molecule has 11 heteroatoms. The summed E-state index contributed by atoms with van der Waals surface area (Å²) in [7, 11) is 0. The van der Waals surface area contributed by atoms with Crippen molar-refractivity contribution >= 4 is 34.9 Å². The number of likely N-dealkylation sites (tertiary alicyclic amines) is 1. The van der Waals surface area contributed by atoms with Crippen LogP contribution in [0.1, 0.15) is 45.4 Å². The van der Waals surface area contributed by atoms with Crippen LogP contribution in [0.5, 0.6) is 0 Å². The van der Waals surface area contributed by atoms with Crippen LogP contribution in [-0.4, -0.2) is 52.4 Å². The van der Waals surface area contributed by atoms with Gasteiger partial charge in [-0.1, -0.05) is 6.07 Å². The average Bonchev–Trinajstić information content (AvgIpc) is 3.38. The van der Waals surface area contributed by atoms with Gasteiger partial charge in [-0.15, -0.1) is 11.3 Å². The van der Waals surface area contributed by atoms with Gasteiger partial charge in [-0.05, 0) is 43.9 Å². The van der Waals surface area contributed by atoms with Crippen LogP contribution in [0.15, 0.2) is 24.4 Å². The lowest BCUT2D eigenvalue weighted by Gasteiger charge is -2.38. The number of halogens is 3. The molecule has 0 saturated carbocycles. The van der Waals surface area contributed by atoms with Crippen molar-refractivity contribution in [2.45, 2.75) is 56.3 Å². The van der Waals surface area contributed by atoms with Gasteiger partial charge in [0.25, 0.3) is 5.91 Å². The molecule has 3 aliphatic rings. The fourth-order valence-corrected chi connectivity index (χ4v) is 6.22. The highest BCUT2D eigenvalue weighted by Gasteiger charge is 2.52. The Balaban J connectivity index is 1.30. The number of alkyl halides is 3. The van der Waals surface area contributed by atoms with Crippen molar-refractivity contribution in [1.82, 2.24) is 15.2 Å². The Hall–Kier alpha value is -2.95. The summed E-state index contributed by atoms with van der Waals surface area (Å²) >= 11 is 1.25. The van der Waals surface area contributed by atoms with Crippen LogP contribution in [0.2, 0.25) is 0 Å². The standard InChI is InChI=1S/C22H21F3N4O3S/c1-11-4-5-14(19(31)29(11)10-22(23,24)25)27-18(30)15-7-12-8-21(9-16(12)33-15)13-3-2-6-26-17(13)28-20(21)32/h2-3,6-7,11,14H,4-5,8-10H2,1H3,(H,27,30)(H,26,28,32)/t11-,14+,21+/m1/s1. The molecule has 7 nitrogen and oxygen atoms in total. The molecule has 3 amide bonds. The number of carbonyl (C=O) groups excluding carboxylic acids is 3. The van der Waals surface area contributed by atoms with Gasteiger partial charge < -0.3 is 15.5 Å². The number of pyridine rings is 1. The third-order valence-corrected chi connectivity index (χ3v) is 7.88. The highest BCUT2D eigenvalue weighted by Crippen LogP contribution is 2.48. The lowest BCUT2D eigenvalue weighted by Crippen LogP contribution is -2.57. The predicted molar refractivity (Wildman–Crippen MR) is 114 cm³/mol. The molecule has 174 valence electrons. The number of nitrogens with one attached hydrogen (secondary N) is 2. The summed E-state index contributed by atoms with van der Waals surface area (Å²) in [4.78, 5) is 44.5. The summed E-state index contributed by atoms with van der Waals surface area (Å²) in [5, 5.41) is 5.45. The Labute approximate surface area is 191 Å². The number of piperidine rings is 1. The highest BCUT2D eigenvalue weighted by atomic mass is 32.1. The number of aromatic nitrogens is 1. The van der Waals surface area contributed by atoms with E-state index in [0.717, 1.165) is 20.9 Å². The summed E-state index contributed by atoms with van der Waals surface area (Å²) in [5.74, 6) is -0.753. The quantitative estimate of drug-likeness (QED) is 0.710. The van der Waals surface area contributed by atoms with Crippen LogP contribution in [-0.2, 0) is 27.8 Å². The van der Waals surface area contributed by atoms with Gasteiger partial charge in [-0.3, -0.25) is 14.4 Å². The van der Waals surface area contributed by atoms with E-state index in [4.69, 9.17) is 0 Å². The largest absolute Gasteiger partial charge is 0.406 e. The number of fused-ring (bicyclic) bond motifs is 3. The zero-order valence-corrected chi connectivity index (χ0v) is 18.5. The van der Waals surface area contributed by atoms with Crippen LogP contribution in [0.3, 0.4) is 0 Å². The van der Waals surface area contributed by atoms with Crippen molar-refractivity contribution < 1.29 is 27.6 Å². The summed E-state index contributed by atoms with van der Waals surface area (Å²) in [6, 6.07) is 3.86. The second-order valence-corrected chi connectivity index (χ2v) is 10.0. The van der Waals surface area contributed by atoms with Crippen molar-refractivity contribution in [2.75, 3.05) is 11.9 Å². The Bertz CT molecular complexity index is 1140. The van der Waals surface area contributed by atoms with Gasteiger partial charge in [0, 0.05) is 29.1 Å². The molecule has 2 aromatic heterocycles. The molecule has 0 bridgehead atoms. The first-order valence-corrected chi connectivity index (χ1v) is 11.5. The minimum absolute atomic E-state index is 0.114. The van der Waals surface area contributed by atoms with Crippen LogP contribution in [0.4, 0.5) is 19.0 Å². The third kappa shape index (κ3) is 3.68. The molecule has 3 atom stereocenters. The molecule has 0 unspecified atom stereocenters. The van der Waals surface area contributed by atoms with Gasteiger partial charge in [0.2, 0.25) is 11.8 Å². The summed E-state index contributed by atoms with van der Waals surface area (Å²) < 4.78 is 38.6. The smallest absolute Gasteiger partial charge is 0.340 e. The molecule has 2 aliphatic heterocycles.